The van der Waals surface area contributed by atoms with Crippen LogP contribution in [0.2, 0.25) is 5.02 Å². The molecule has 0 spiro atoms. The second-order valence-electron chi connectivity index (χ2n) is 6.86. The molecule has 0 aromatic heterocycles. The van der Waals surface area contributed by atoms with Gasteiger partial charge in [-0.15, -0.1) is 0 Å². The van der Waals surface area contributed by atoms with E-state index in [2.05, 4.69) is 5.32 Å². The fourth-order valence-electron chi connectivity index (χ4n) is 3.20. The Morgan fingerprint density at radius 1 is 1.13 bits per heavy atom. The van der Waals surface area contributed by atoms with Crippen molar-refractivity contribution < 1.29 is 28.5 Å². The number of fused-ring (bicyclic) bond motifs is 1. The number of rotatable bonds is 8. The fourth-order valence-corrected chi connectivity index (χ4v) is 3.40. The first-order valence-corrected chi connectivity index (χ1v) is 9.93. The summed E-state index contributed by atoms with van der Waals surface area (Å²) in [6, 6.07) is 10.9. The third-order valence-electron chi connectivity index (χ3n) is 4.79. The molecule has 1 aliphatic heterocycles. The maximum atomic E-state index is 12.3. The summed E-state index contributed by atoms with van der Waals surface area (Å²) in [7, 11) is 3.15. The van der Waals surface area contributed by atoms with Gasteiger partial charge in [-0.2, -0.15) is 0 Å². The van der Waals surface area contributed by atoms with E-state index >= 15 is 0 Å². The minimum absolute atomic E-state index is 0.217. The molecule has 0 bridgehead atoms. The molecule has 0 fully saturated rings. The molecule has 2 aromatic carbocycles. The van der Waals surface area contributed by atoms with Crippen LogP contribution in [0, 0.1) is 5.92 Å². The molecular weight excluding hydrogens is 410 g/mol. The van der Waals surface area contributed by atoms with E-state index in [1.165, 1.54) is 0 Å². The van der Waals surface area contributed by atoms with Gasteiger partial charge in [0, 0.05) is 11.6 Å². The smallest absolute Gasteiger partial charge is 0.313 e. The summed E-state index contributed by atoms with van der Waals surface area (Å²) < 4.78 is 21.2. The van der Waals surface area contributed by atoms with Gasteiger partial charge >= 0.3 is 5.97 Å². The van der Waals surface area contributed by atoms with E-state index in [0.29, 0.717) is 35.9 Å². The number of ether oxygens (including phenoxy) is 4. The lowest BCUT2D eigenvalue weighted by atomic mass is 9.97. The molecule has 1 heterocycles. The van der Waals surface area contributed by atoms with Gasteiger partial charge in [-0.25, -0.2) is 0 Å². The van der Waals surface area contributed by atoms with Crippen molar-refractivity contribution in [2.45, 2.75) is 12.8 Å². The Morgan fingerprint density at radius 3 is 2.70 bits per heavy atom. The van der Waals surface area contributed by atoms with Crippen molar-refractivity contribution in [3.05, 3.63) is 52.5 Å². The number of nitrogens with one attached hydrogen (secondary N) is 1. The maximum Gasteiger partial charge on any atom is 0.313 e. The Kier molecular flexibility index (Phi) is 7.41. The van der Waals surface area contributed by atoms with Crippen LogP contribution in [0.1, 0.15) is 11.1 Å². The summed E-state index contributed by atoms with van der Waals surface area (Å²) in [5.41, 5.74) is 1.84. The number of benzene rings is 2. The third-order valence-corrected chi connectivity index (χ3v) is 5.03. The zero-order chi connectivity index (χ0) is 21.5. The molecule has 160 valence electrons. The Morgan fingerprint density at radius 2 is 1.93 bits per heavy atom. The first-order valence-electron chi connectivity index (χ1n) is 9.55. The zero-order valence-electron chi connectivity index (χ0n) is 16.9. The van der Waals surface area contributed by atoms with Crippen LogP contribution in [0.4, 0.5) is 0 Å². The fraction of sp³-hybridized carbons (Fsp3) is 0.364. The normalized spacial score (nSPS) is 14.8. The van der Waals surface area contributed by atoms with Crippen molar-refractivity contribution in [2.24, 2.45) is 5.92 Å². The van der Waals surface area contributed by atoms with Crippen molar-refractivity contribution in [3.63, 3.8) is 0 Å². The number of amides is 1. The topological polar surface area (TPSA) is 83.1 Å². The van der Waals surface area contributed by atoms with Gasteiger partial charge in [-0.3, -0.25) is 9.59 Å². The Hall–Kier alpha value is -2.93. The van der Waals surface area contributed by atoms with Gasteiger partial charge in [0.15, 0.2) is 18.1 Å². The van der Waals surface area contributed by atoms with E-state index in [0.717, 1.165) is 16.9 Å². The lowest BCUT2D eigenvalue weighted by Gasteiger charge is -2.24. The van der Waals surface area contributed by atoms with Crippen molar-refractivity contribution >= 4 is 23.5 Å². The van der Waals surface area contributed by atoms with Crippen molar-refractivity contribution in [1.82, 2.24) is 5.32 Å². The molecule has 7 nitrogen and oxygen atoms in total. The SMILES string of the molecule is COc1ccc(CCNC(=O)COC(=O)C2COc3ccc(Cl)cc3C2)cc1OC. The highest BCUT2D eigenvalue weighted by Crippen LogP contribution is 2.30. The number of halogens is 1. The van der Waals surface area contributed by atoms with E-state index in [1.807, 2.05) is 18.2 Å². The van der Waals surface area contributed by atoms with Gasteiger partial charge in [0.1, 0.15) is 12.4 Å². The van der Waals surface area contributed by atoms with Crippen LogP contribution in [-0.4, -0.2) is 45.9 Å². The van der Waals surface area contributed by atoms with E-state index in [-0.39, 0.29) is 19.1 Å². The number of esters is 1. The number of methoxy groups -OCH3 is 2. The van der Waals surface area contributed by atoms with Gasteiger partial charge in [0.2, 0.25) is 0 Å². The standard InChI is InChI=1S/C22H24ClNO6/c1-27-19-5-3-14(9-20(19)28-2)7-8-24-21(25)13-30-22(26)16-10-15-11-17(23)4-6-18(15)29-12-16/h3-6,9,11,16H,7-8,10,12-13H2,1-2H3,(H,24,25). The monoisotopic (exact) mass is 433 g/mol. The molecular formula is C22H24ClNO6. The lowest BCUT2D eigenvalue weighted by molar-refractivity contribution is -0.153. The molecule has 3 rings (SSSR count). The third kappa shape index (κ3) is 5.57. The predicted octanol–water partition coefficient (Wildman–Crippen LogP) is 2.81. The zero-order valence-corrected chi connectivity index (χ0v) is 17.7. The molecule has 8 heteroatoms. The molecule has 1 unspecified atom stereocenters. The molecule has 30 heavy (non-hydrogen) atoms. The second-order valence-corrected chi connectivity index (χ2v) is 7.30. The molecule has 0 saturated carbocycles. The summed E-state index contributed by atoms with van der Waals surface area (Å²) in [5.74, 6) is 0.716. The van der Waals surface area contributed by atoms with Crippen molar-refractivity contribution in [2.75, 3.05) is 34.0 Å². The van der Waals surface area contributed by atoms with Gasteiger partial charge < -0.3 is 24.3 Å². The average molecular weight is 434 g/mol. The second kappa shape index (κ2) is 10.2. The van der Waals surface area contributed by atoms with Crippen molar-refractivity contribution in [1.29, 1.82) is 0 Å². The van der Waals surface area contributed by atoms with Crippen molar-refractivity contribution in [3.8, 4) is 17.2 Å². The van der Waals surface area contributed by atoms with E-state index in [4.69, 9.17) is 30.5 Å². The van der Waals surface area contributed by atoms with Crippen LogP contribution in [0.15, 0.2) is 36.4 Å². The average Bonchev–Trinajstić information content (AvgIpc) is 2.76. The summed E-state index contributed by atoms with van der Waals surface area (Å²) in [4.78, 5) is 24.3. The Bertz CT molecular complexity index is 916. The quantitative estimate of drug-likeness (QED) is 0.644. The van der Waals surface area contributed by atoms with Gasteiger partial charge in [-0.05, 0) is 54.3 Å². The lowest BCUT2D eigenvalue weighted by Crippen LogP contribution is -2.34. The van der Waals surface area contributed by atoms with E-state index < -0.39 is 11.9 Å². The number of carbonyl (C=O) groups excluding carboxylic acids is 2. The summed E-state index contributed by atoms with van der Waals surface area (Å²) in [6.07, 6.45) is 1.07. The van der Waals surface area contributed by atoms with Crippen LogP contribution >= 0.6 is 11.6 Å². The first kappa shape index (κ1) is 21.8. The molecule has 1 amide bonds. The highest BCUT2D eigenvalue weighted by atomic mass is 35.5. The molecule has 1 aliphatic rings. The van der Waals surface area contributed by atoms with E-state index in [1.54, 1.807) is 32.4 Å². The predicted molar refractivity (Wildman–Crippen MR) is 111 cm³/mol. The van der Waals surface area contributed by atoms with Crippen LogP contribution in [0.3, 0.4) is 0 Å². The number of carbonyl (C=O) groups is 2. The highest BCUT2D eigenvalue weighted by molar-refractivity contribution is 6.30. The molecule has 1 N–H and O–H groups in total. The molecule has 1 atom stereocenters. The minimum atomic E-state index is -0.462. The summed E-state index contributed by atoms with van der Waals surface area (Å²) in [6.45, 7) is 0.294. The largest absolute Gasteiger partial charge is 0.493 e. The summed E-state index contributed by atoms with van der Waals surface area (Å²) in [5, 5.41) is 3.33. The van der Waals surface area contributed by atoms with Crippen LogP contribution in [0.25, 0.3) is 0 Å². The van der Waals surface area contributed by atoms with Gasteiger partial charge in [0.05, 0.1) is 20.1 Å². The van der Waals surface area contributed by atoms with E-state index in [9.17, 15) is 9.59 Å². The summed E-state index contributed by atoms with van der Waals surface area (Å²) >= 11 is 5.99. The van der Waals surface area contributed by atoms with Gasteiger partial charge in [0.25, 0.3) is 5.91 Å². The minimum Gasteiger partial charge on any atom is -0.493 e. The van der Waals surface area contributed by atoms with Crippen LogP contribution in [-0.2, 0) is 27.2 Å². The van der Waals surface area contributed by atoms with Gasteiger partial charge in [-0.1, -0.05) is 17.7 Å². The number of hydrogen-bond acceptors (Lipinski definition) is 6. The highest BCUT2D eigenvalue weighted by Gasteiger charge is 2.27. The maximum absolute atomic E-state index is 12.3. The molecule has 2 aromatic rings. The molecule has 0 aliphatic carbocycles. The Balaban J connectivity index is 1.41. The molecule has 0 saturated heterocycles. The Labute approximate surface area is 180 Å². The molecule has 0 radical (unpaired) electrons. The first-order chi connectivity index (χ1) is 14.5. The van der Waals surface area contributed by atoms with Crippen LogP contribution in [0.5, 0.6) is 17.2 Å². The number of hydrogen-bond donors (Lipinski definition) is 1. The van der Waals surface area contributed by atoms with Crippen LogP contribution < -0.4 is 19.5 Å².